The average Bonchev–Trinajstić information content (AvgIpc) is 2.42. The van der Waals surface area contributed by atoms with Gasteiger partial charge in [-0.2, -0.15) is 0 Å². The lowest BCUT2D eigenvalue weighted by molar-refractivity contribution is -0.115. The van der Waals surface area contributed by atoms with Crippen LogP contribution in [0.5, 0.6) is 0 Å². The number of hydrogen-bond acceptors (Lipinski definition) is 4. The molecule has 1 atom stereocenters. The first kappa shape index (κ1) is 16.1. The third-order valence-corrected chi connectivity index (χ3v) is 4.09. The van der Waals surface area contributed by atoms with Gasteiger partial charge in [0.2, 0.25) is 5.91 Å². The minimum absolute atomic E-state index is 0.210. The zero-order valence-electron chi connectivity index (χ0n) is 11.1. The second-order valence-corrected chi connectivity index (χ2v) is 6.18. The Hall–Kier alpha value is -1.24. The summed E-state index contributed by atoms with van der Waals surface area (Å²) in [4.78, 5) is 14.6. The van der Waals surface area contributed by atoms with Gasteiger partial charge >= 0.3 is 0 Å². The molecule has 5 nitrogen and oxygen atoms in total. The number of rotatable bonds is 4. The van der Waals surface area contributed by atoms with Gasteiger partial charge in [-0.05, 0) is 41.1 Å². The number of alkyl halides is 1. The molecule has 21 heavy (non-hydrogen) atoms. The number of primary amides is 1. The maximum absolute atomic E-state index is 11.7. The van der Waals surface area contributed by atoms with Crippen LogP contribution >= 0.6 is 39.1 Å². The number of hydrogen-bond donors (Lipinski definition) is 3. The number of anilines is 1. The summed E-state index contributed by atoms with van der Waals surface area (Å²) in [6.45, 7) is 2.55. The fraction of sp³-hybridized carbons (Fsp3) is 0.231. The Labute approximate surface area is 140 Å². The van der Waals surface area contributed by atoms with Crippen molar-refractivity contribution in [2.75, 3.05) is 11.9 Å². The zero-order chi connectivity index (χ0) is 15.6. The third kappa shape index (κ3) is 3.17. The average molecular weight is 392 g/mol. The van der Waals surface area contributed by atoms with Crippen LogP contribution in [0.3, 0.4) is 0 Å². The number of halogens is 3. The van der Waals surface area contributed by atoms with Crippen LogP contribution in [-0.2, 0) is 9.79 Å². The molecule has 0 spiro atoms. The van der Waals surface area contributed by atoms with E-state index in [1.54, 1.807) is 24.4 Å². The minimum Gasteiger partial charge on any atom is -0.370 e. The molecule has 8 heteroatoms. The second-order valence-electron chi connectivity index (χ2n) is 4.31. The molecule has 0 saturated carbocycles. The van der Waals surface area contributed by atoms with Gasteiger partial charge in [0.25, 0.3) is 0 Å². The number of nitrogens with two attached hydrogens (primary N) is 1. The number of nitrogens with zero attached hydrogens (tertiary/aromatic N) is 1. The van der Waals surface area contributed by atoms with Gasteiger partial charge in [0.1, 0.15) is 11.0 Å². The number of carbonyl (C=O) groups is 1. The minimum atomic E-state index is -1.31. The van der Waals surface area contributed by atoms with Gasteiger partial charge < -0.3 is 16.4 Å². The highest BCUT2D eigenvalue weighted by atomic mass is 79.9. The molecule has 1 aromatic rings. The normalized spacial score (nSPS) is 21.1. The van der Waals surface area contributed by atoms with E-state index >= 15 is 0 Å². The molecule has 0 bridgehead atoms. The van der Waals surface area contributed by atoms with Crippen LogP contribution in [0, 0.1) is 0 Å². The Morgan fingerprint density at radius 3 is 2.90 bits per heavy atom. The Kier molecular flexibility index (Phi) is 4.81. The molecule has 0 saturated heterocycles. The molecule has 1 unspecified atom stereocenters. The zero-order valence-corrected chi connectivity index (χ0v) is 14.2. The molecule has 1 aromatic heterocycles. The maximum atomic E-state index is 11.7. The van der Waals surface area contributed by atoms with E-state index < -0.39 is 10.9 Å². The van der Waals surface area contributed by atoms with Crippen molar-refractivity contribution in [2.45, 2.75) is 11.9 Å². The van der Waals surface area contributed by atoms with E-state index in [-0.39, 0.29) is 5.57 Å². The summed E-state index contributed by atoms with van der Waals surface area (Å²) in [7, 11) is 0. The number of allylic oxidation sites excluding steroid dienone is 2. The highest BCUT2D eigenvalue weighted by Crippen LogP contribution is 2.41. The van der Waals surface area contributed by atoms with Crippen molar-refractivity contribution in [2.24, 2.45) is 5.73 Å². The van der Waals surface area contributed by atoms with E-state index in [4.69, 9.17) is 28.9 Å². The predicted molar refractivity (Wildman–Crippen MR) is 88.4 cm³/mol. The Morgan fingerprint density at radius 1 is 1.57 bits per heavy atom. The van der Waals surface area contributed by atoms with Crippen LogP contribution in [0.4, 0.5) is 5.82 Å². The van der Waals surface area contributed by atoms with Gasteiger partial charge in [-0.1, -0.05) is 23.2 Å². The lowest BCUT2D eigenvalue weighted by atomic mass is 9.95. The maximum Gasteiger partial charge on any atom is 0.248 e. The predicted octanol–water partition coefficient (Wildman–Crippen LogP) is 2.81. The third-order valence-electron chi connectivity index (χ3n) is 2.90. The number of nitrogens with one attached hydrogen (secondary N) is 2. The lowest BCUT2D eigenvalue weighted by Gasteiger charge is -2.33. The number of dihydropyridines is 1. The highest BCUT2D eigenvalue weighted by Gasteiger charge is 2.40. The lowest BCUT2D eigenvalue weighted by Crippen LogP contribution is -2.43. The van der Waals surface area contributed by atoms with Gasteiger partial charge in [0, 0.05) is 22.8 Å². The molecule has 0 fully saturated rings. The SMILES string of the molecule is CCNc1nc(Cl)ccc1C1(Cl)NC=C(Br)C=C1C(N)=O. The molecule has 2 heterocycles. The van der Waals surface area contributed by atoms with Crippen LogP contribution in [-0.4, -0.2) is 17.4 Å². The van der Waals surface area contributed by atoms with Crippen LogP contribution in [0.25, 0.3) is 0 Å². The molecule has 1 amide bonds. The van der Waals surface area contributed by atoms with Crippen molar-refractivity contribution in [1.29, 1.82) is 0 Å². The van der Waals surface area contributed by atoms with Gasteiger partial charge in [-0.3, -0.25) is 4.79 Å². The smallest absolute Gasteiger partial charge is 0.248 e. The molecule has 0 radical (unpaired) electrons. The van der Waals surface area contributed by atoms with Crippen LogP contribution in [0.15, 0.2) is 34.5 Å². The van der Waals surface area contributed by atoms with E-state index in [1.165, 1.54) is 0 Å². The van der Waals surface area contributed by atoms with Gasteiger partial charge in [-0.15, -0.1) is 0 Å². The highest BCUT2D eigenvalue weighted by molar-refractivity contribution is 9.11. The quantitative estimate of drug-likeness (QED) is 0.418. The second kappa shape index (κ2) is 6.25. The summed E-state index contributed by atoms with van der Waals surface area (Å²) in [6.07, 6.45) is 3.22. The monoisotopic (exact) mass is 390 g/mol. The van der Waals surface area contributed by atoms with Gasteiger partial charge in [0.15, 0.2) is 5.00 Å². The Bertz CT molecular complexity index is 647. The largest absolute Gasteiger partial charge is 0.370 e. The van der Waals surface area contributed by atoms with Crippen LogP contribution < -0.4 is 16.4 Å². The molecule has 1 aliphatic heterocycles. The molecule has 4 N–H and O–H groups in total. The molecular weight excluding hydrogens is 379 g/mol. The van der Waals surface area contributed by atoms with E-state index in [9.17, 15) is 4.79 Å². The van der Waals surface area contributed by atoms with E-state index in [0.717, 1.165) is 0 Å². The first-order chi connectivity index (χ1) is 9.88. The van der Waals surface area contributed by atoms with Crippen molar-refractivity contribution >= 4 is 50.9 Å². The molecular formula is C13H13BrCl2N4O. The van der Waals surface area contributed by atoms with E-state index in [0.29, 0.717) is 27.6 Å². The summed E-state index contributed by atoms with van der Waals surface area (Å²) in [5, 5.41) is 6.38. The standard InChI is InChI=1S/C13H13BrCl2N4O/c1-2-18-12-8(3-4-10(15)20-12)13(16)9(11(17)21)5-7(14)6-19-13/h3-6,19H,2H2,1H3,(H2,17,21)(H,18,20). The van der Waals surface area contributed by atoms with Crippen molar-refractivity contribution in [3.63, 3.8) is 0 Å². The molecule has 112 valence electrons. The topological polar surface area (TPSA) is 80.0 Å². The summed E-state index contributed by atoms with van der Waals surface area (Å²) >= 11 is 15.9. The summed E-state index contributed by atoms with van der Waals surface area (Å²) in [5.74, 6) is -0.133. The fourth-order valence-corrected chi connectivity index (χ4v) is 2.85. The summed E-state index contributed by atoms with van der Waals surface area (Å²) in [6, 6.07) is 3.31. The van der Waals surface area contributed by atoms with E-state index in [1.807, 2.05) is 6.92 Å². The van der Waals surface area contributed by atoms with Gasteiger partial charge in [-0.25, -0.2) is 4.98 Å². The first-order valence-corrected chi connectivity index (χ1v) is 7.68. The molecule has 1 aliphatic rings. The van der Waals surface area contributed by atoms with Crippen molar-refractivity contribution in [1.82, 2.24) is 10.3 Å². The molecule has 2 rings (SSSR count). The number of amides is 1. The first-order valence-electron chi connectivity index (χ1n) is 6.13. The van der Waals surface area contributed by atoms with Gasteiger partial charge in [0.05, 0.1) is 5.57 Å². The van der Waals surface area contributed by atoms with Crippen LogP contribution in [0.2, 0.25) is 5.15 Å². The molecule has 0 aliphatic carbocycles. The number of carbonyl (C=O) groups excluding carboxylic acids is 1. The number of aromatic nitrogens is 1. The van der Waals surface area contributed by atoms with Crippen LogP contribution in [0.1, 0.15) is 12.5 Å². The molecule has 0 aromatic carbocycles. The Balaban J connectivity index is 2.59. The van der Waals surface area contributed by atoms with E-state index in [2.05, 4.69) is 31.5 Å². The van der Waals surface area contributed by atoms with Crippen molar-refractivity contribution in [3.05, 3.63) is 45.2 Å². The van der Waals surface area contributed by atoms with Crippen molar-refractivity contribution < 1.29 is 4.79 Å². The van der Waals surface area contributed by atoms with Crippen molar-refractivity contribution in [3.8, 4) is 0 Å². The fourth-order valence-electron chi connectivity index (χ4n) is 2.00. The summed E-state index contributed by atoms with van der Waals surface area (Å²) in [5.41, 5.74) is 6.23. The summed E-state index contributed by atoms with van der Waals surface area (Å²) < 4.78 is 0.666. The number of pyridine rings is 1. The Morgan fingerprint density at radius 2 is 2.29 bits per heavy atom.